The molecule has 22 heavy (non-hydrogen) atoms. The van der Waals surface area contributed by atoms with Gasteiger partial charge in [0, 0.05) is 14.1 Å². The van der Waals surface area contributed by atoms with Crippen LogP contribution in [0.25, 0.3) is 11.2 Å². The molecule has 10 heteroatoms. The summed E-state index contributed by atoms with van der Waals surface area (Å²) in [4.78, 5) is 50.9. The fraction of sp³-hybridized carbons (Fsp3) is 0.417. The quantitative estimate of drug-likeness (QED) is 0.674. The minimum atomic E-state index is -1.21. The normalized spacial score (nSPS) is 12.3. The molecule has 2 aromatic rings. The predicted octanol–water partition coefficient (Wildman–Crippen LogP) is -1.98. The second-order valence-electron chi connectivity index (χ2n) is 4.89. The second-order valence-corrected chi connectivity index (χ2v) is 4.89. The molecule has 0 saturated heterocycles. The van der Waals surface area contributed by atoms with E-state index in [4.69, 9.17) is 5.11 Å². The van der Waals surface area contributed by atoms with Gasteiger partial charge in [0.1, 0.15) is 12.6 Å². The molecular weight excluding hydrogens is 294 g/mol. The highest BCUT2D eigenvalue weighted by atomic mass is 16.4. The van der Waals surface area contributed by atoms with E-state index >= 15 is 0 Å². The first-order valence-electron chi connectivity index (χ1n) is 6.37. The Morgan fingerprint density at radius 1 is 1.36 bits per heavy atom. The number of carboxylic acids is 1. The fourth-order valence-corrected chi connectivity index (χ4v) is 2.03. The third-order valence-electron chi connectivity index (χ3n) is 3.25. The molecule has 0 aromatic carbocycles. The Bertz CT molecular complexity index is 874. The number of carboxylic acid groups (broad SMARTS) is 1. The van der Waals surface area contributed by atoms with Crippen LogP contribution in [0.4, 0.5) is 0 Å². The lowest BCUT2D eigenvalue weighted by Gasteiger charge is -2.11. The minimum absolute atomic E-state index is 0.182. The van der Waals surface area contributed by atoms with Gasteiger partial charge in [-0.3, -0.25) is 19.0 Å². The van der Waals surface area contributed by atoms with Gasteiger partial charge in [-0.05, 0) is 6.92 Å². The monoisotopic (exact) mass is 309 g/mol. The van der Waals surface area contributed by atoms with Crippen LogP contribution in [-0.4, -0.2) is 41.7 Å². The average molecular weight is 309 g/mol. The molecule has 0 unspecified atom stereocenters. The smallest absolute Gasteiger partial charge is 0.332 e. The van der Waals surface area contributed by atoms with Crippen molar-refractivity contribution in [3.63, 3.8) is 0 Å². The summed E-state index contributed by atoms with van der Waals surface area (Å²) in [6.45, 7) is 0.718. The number of aromatic nitrogens is 4. The van der Waals surface area contributed by atoms with Crippen LogP contribution in [-0.2, 0) is 30.2 Å². The van der Waals surface area contributed by atoms with Crippen LogP contribution in [0.2, 0.25) is 0 Å². The number of nitrogens with zero attached hydrogens (tertiary/aromatic N) is 4. The van der Waals surface area contributed by atoms with Gasteiger partial charge in [-0.1, -0.05) is 0 Å². The first-order valence-corrected chi connectivity index (χ1v) is 6.37. The Morgan fingerprint density at radius 3 is 2.59 bits per heavy atom. The molecule has 0 radical (unpaired) electrons. The Morgan fingerprint density at radius 2 is 2.00 bits per heavy atom. The van der Waals surface area contributed by atoms with Crippen LogP contribution in [0.3, 0.4) is 0 Å². The molecule has 2 N–H and O–H groups in total. The summed E-state index contributed by atoms with van der Waals surface area (Å²) in [6.07, 6.45) is 1.39. The molecule has 0 spiro atoms. The van der Waals surface area contributed by atoms with Crippen molar-refractivity contribution in [2.24, 2.45) is 14.1 Å². The van der Waals surface area contributed by atoms with Gasteiger partial charge in [0.2, 0.25) is 5.91 Å². The summed E-state index contributed by atoms with van der Waals surface area (Å²) < 4.78 is 3.35. The number of carbonyl (C=O) groups excluding carboxylic acids is 1. The van der Waals surface area contributed by atoms with Crippen molar-refractivity contribution in [3.05, 3.63) is 27.2 Å². The van der Waals surface area contributed by atoms with Crippen LogP contribution < -0.4 is 16.6 Å². The molecule has 2 rings (SSSR count). The third-order valence-corrected chi connectivity index (χ3v) is 3.25. The molecule has 0 aliphatic carbocycles. The van der Waals surface area contributed by atoms with Gasteiger partial charge in [0.15, 0.2) is 11.2 Å². The van der Waals surface area contributed by atoms with Crippen LogP contribution in [0.5, 0.6) is 0 Å². The van der Waals surface area contributed by atoms with Crippen LogP contribution in [0.15, 0.2) is 15.9 Å². The van der Waals surface area contributed by atoms with Crippen LogP contribution in [0, 0.1) is 0 Å². The molecule has 118 valence electrons. The number of aryl methyl sites for hydroxylation is 2. The summed E-state index contributed by atoms with van der Waals surface area (Å²) in [7, 11) is 3.03. The number of carbonyl (C=O) groups is 2. The molecule has 2 heterocycles. The number of hydrogen-bond donors (Lipinski definition) is 2. The molecule has 0 fully saturated rings. The molecule has 1 amide bonds. The van der Waals surface area contributed by atoms with E-state index in [1.807, 2.05) is 0 Å². The van der Waals surface area contributed by atoms with Crippen molar-refractivity contribution >= 4 is 23.0 Å². The Balaban J connectivity index is 2.46. The van der Waals surface area contributed by atoms with E-state index in [2.05, 4.69) is 10.3 Å². The zero-order valence-electron chi connectivity index (χ0n) is 12.2. The van der Waals surface area contributed by atoms with Crippen molar-refractivity contribution in [1.82, 2.24) is 24.0 Å². The molecule has 0 aliphatic rings. The van der Waals surface area contributed by atoms with Gasteiger partial charge in [-0.25, -0.2) is 14.3 Å². The Kier molecular flexibility index (Phi) is 3.85. The summed E-state index contributed by atoms with van der Waals surface area (Å²) in [5, 5.41) is 10.9. The number of nitrogens with one attached hydrogen (secondary N) is 1. The standard InChI is InChI=1S/C12H15N5O5/c1-6(11(20)21)14-7(18)4-17-10(19)8-9(13-5-15(8)2)16(3)12(17)22/h5-6H,4H2,1-3H3,(H,14,18)(H,20,21)/t6-/m1/s1. The molecule has 0 saturated carbocycles. The summed E-state index contributed by atoms with van der Waals surface area (Å²) in [6, 6.07) is -1.12. The molecule has 10 nitrogen and oxygen atoms in total. The second kappa shape index (κ2) is 5.47. The number of imidazole rings is 1. The van der Waals surface area contributed by atoms with Crippen LogP contribution in [0.1, 0.15) is 6.92 Å². The van der Waals surface area contributed by atoms with Gasteiger partial charge in [-0.2, -0.15) is 0 Å². The first kappa shape index (κ1) is 15.5. The lowest BCUT2D eigenvalue weighted by atomic mass is 10.3. The van der Waals surface area contributed by atoms with E-state index in [1.165, 1.54) is 24.9 Å². The zero-order chi connectivity index (χ0) is 16.6. The van der Waals surface area contributed by atoms with E-state index in [1.54, 1.807) is 7.05 Å². The van der Waals surface area contributed by atoms with E-state index < -0.39 is 35.7 Å². The first-order chi connectivity index (χ1) is 10.2. The lowest BCUT2D eigenvalue weighted by molar-refractivity contribution is -0.141. The maximum Gasteiger partial charge on any atom is 0.332 e. The molecule has 2 aromatic heterocycles. The highest BCUT2D eigenvalue weighted by molar-refractivity contribution is 5.83. The summed E-state index contributed by atoms with van der Waals surface area (Å²) in [5.74, 6) is -1.95. The van der Waals surface area contributed by atoms with Gasteiger partial charge in [0.05, 0.1) is 6.33 Å². The van der Waals surface area contributed by atoms with Crippen LogP contribution >= 0.6 is 0 Å². The molecule has 0 bridgehead atoms. The summed E-state index contributed by atoms with van der Waals surface area (Å²) in [5.41, 5.74) is -0.959. The van der Waals surface area contributed by atoms with Crippen molar-refractivity contribution in [2.45, 2.75) is 19.5 Å². The van der Waals surface area contributed by atoms with Crippen molar-refractivity contribution in [1.29, 1.82) is 0 Å². The van der Waals surface area contributed by atoms with E-state index in [0.29, 0.717) is 0 Å². The van der Waals surface area contributed by atoms with Gasteiger partial charge in [-0.15, -0.1) is 0 Å². The Hall–Kier alpha value is -2.91. The average Bonchev–Trinajstić information content (AvgIpc) is 2.83. The topological polar surface area (TPSA) is 128 Å². The van der Waals surface area contributed by atoms with Gasteiger partial charge < -0.3 is 15.0 Å². The molecule has 1 atom stereocenters. The highest BCUT2D eigenvalue weighted by Gasteiger charge is 2.19. The number of aliphatic carboxylic acids is 1. The number of fused-ring (bicyclic) bond motifs is 1. The molecule has 0 aliphatic heterocycles. The number of rotatable bonds is 4. The number of hydrogen-bond acceptors (Lipinski definition) is 5. The third kappa shape index (κ3) is 2.50. The highest BCUT2D eigenvalue weighted by Crippen LogP contribution is 2.02. The fourth-order valence-electron chi connectivity index (χ4n) is 2.03. The number of amides is 1. The maximum atomic E-state index is 12.3. The zero-order valence-corrected chi connectivity index (χ0v) is 12.2. The SMILES string of the molecule is C[C@@H](NC(=O)Cn1c(=O)c2c(ncn2C)n(C)c1=O)C(=O)O. The Labute approximate surface area is 123 Å². The van der Waals surface area contributed by atoms with Crippen molar-refractivity contribution in [3.8, 4) is 0 Å². The van der Waals surface area contributed by atoms with Gasteiger partial charge >= 0.3 is 11.7 Å². The maximum absolute atomic E-state index is 12.3. The van der Waals surface area contributed by atoms with Crippen molar-refractivity contribution in [2.75, 3.05) is 0 Å². The largest absolute Gasteiger partial charge is 0.480 e. The van der Waals surface area contributed by atoms with E-state index in [9.17, 15) is 19.2 Å². The van der Waals surface area contributed by atoms with Crippen molar-refractivity contribution < 1.29 is 14.7 Å². The van der Waals surface area contributed by atoms with Gasteiger partial charge in [0.25, 0.3) is 5.56 Å². The molecular formula is C12H15N5O5. The minimum Gasteiger partial charge on any atom is -0.480 e. The predicted molar refractivity (Wildman–Crippen MR) is 75.5 cm³/mol. The van der Waals surface area contributed by atoms with E-state index in [0.717, 1.165) is 9.13 Å². The summed E-state index contributed by atoms with van der Waals surface area (Å²) >= 11 is 0. The lowest BCUT2D eigenvalue weighted by Crippen LogP contribution is -2.46. The van der Waals surface area contributed by atoms with E-state index in [-0.39, 0.29) is 11.2 Å².